The number of fused-ring (bicyclic) bond motifs is 6. The summed E-state index contributed by atoms with van der Waals surface area (Å²) in [7, 11) is 0. The topological polar surface area (TPSA) is 77.8 Å². The Bertz CT molecular complexity index is 3110. The number of benzene rings is 7. The molecule has 4 heterocycles. The third-order valence-electron chi connectivity index (χ3n) is 10.4. The van der Waals surface area contributed by atoms with Crippen LogP contribution in [0, 0.1) is 0 Å². The lowest BCUT2D eigenvalue weighted by molar-refractivity contribution is 0.668. The first-order valence-electron chi connectivity index (χ1n) is 18.5. The van der Waals surface area contributed by atoms with Gasteiger partial charge in [0.2, 0.25) is 0 Å². The fourth-order valence-electron chi connectivity index (χ4n) is 7.60. The van der Waals surface area contributed by atoms with Crippen molar-refractivity contribution in [1.82, 2.24) is 19.9 Å². The van der Waals surface area contributed by atoms with E-state index in [1.165, 1.54) is 0 Å². The van der Waals surface area contributed by atoms with Crippen molar-refractivity contribution in [2.24, 2.45) is 0 Å². The molecule has 0 unspecified atom stereocenters. The summed E-state index contributed by atoms with van der Waals surface area (Å²) in [6.07, 6.45) is 3.65. The molecule has 11 rings (SSSR count). The molecule has 0 saturated heterocycles. The quantitative estimate of drug-likeness (QED) is 0.170. The molecule has 0 spiro atoms. The second-order valence-electron chi connectivity index (χ2n) is 13.9. The molecule has 7 aromatic carbocycles. The Morgan fingerprint density at radius 3 is 1.30 bits per heavy atom. The predicted octanol–water partition coefficient (Wildman–Crippen LogP) is 13.1. The third-order valence-corrected chi connectivity index (χ3v) is 10.4. The van der Waals surface area contributed by atoms with E-state index in [-0.39, 0.29) is 0 Å². The van der Waals surface area contributed by atoms with E-state index in [0.29, 0.717) is 17.5 Å². The van der Waals surface area contributed by atoms with Crippen LogP contribution in [0.4, 0.5) is 0 Å². The lowest BCUT2D eigenvalue weighted by Crippen LogP contribution is -2.00. The molecule has 6 nitrogen and oxygen atoms in total. The van der Waals surface area contributed by atoms with E-state index in [2.05, 4.69) is 102 Å². The average Bonchev–Trinajstić information content (AvgIpc) is 3.84. The molecule has 0 atom stereocenters. The van der Waals surface area contributed by atoms with Gasteiger partial charge in [-0.2, -0.15) is 0 Å². The first-order valence-corrected chi connectivity index (χ1v) is 18.5. The molecule has 11 aromatic rings. The summed E-state index contributed by atoms with van der Waals surface area (Å²) in [4.78, 5) is 19.6. The van der Waals surface area contributed by atoms with Gasteiger partial charge in [0.25, 0.3) is 0 Å². The van der Waals surface area contributed by atoms with Gasteiger partial charge in [-0.15, -0.1) is 0 Å². The highest BCUT2D eigenvalue weighted by Gasteiger charge is 2.17. The zero-order valence-electron chi connectivity index (χ0n) is 29.9. The first kappa shape index (κ1) is 31.8. The molecule has 0 aliphatic carbocycles. The predicted molar refractivity (Wildman–Crippen MR) is 225 cm³/mol. The maximum Gasteiger partial charge on any atom is 0.164 e. The molecule has 0 amide bonds. The first-order chi connectivity index (χ1) is 27.7. The van der Waals surface area contributed by atoms with Gasteiger partial charge in [-0.1, -0.05) is 109 Å². The molecule has 0 N–H and O–H groups in total. The van der Waals surface area contributed by atoms with Gasteiger partial charge in [-0.3, -0.25) is 4.98 Å². The molecular formula is C50H30N4O2. The van der Waals surface area contributed by atoms with E-state index in [9.17, 15) is 0 Å². The number of para-hydroxylation sites is 2. The van der Waals surface area contributed by atoms with Crippen molar-refractivity contribution in [2.45, 2.75) is 0 Å². The normalized spacial score (nSPS) is 11.6. The maximum atomic E-state index is 6.34. The maximum absolute atomic E-state index is 6.34. The molecule has 56 heavy (non-hydrogen) atoms. The van der Waals surface area contributed by atoms with E-state index in [1.807, 2.05) is 79.0 Å². The Hall–Kier alpha value is -7.70. The van der Waals surface area contributed by atoms with Gasteiger partial charge in [0.05, 0.1) is 0 Å². The summed E-state index contributed by atoms with van der Waals surface area (Å²) >= 11 is 0. The number of pyridine rings is 1. The second-order valence-corrected chi connectivity index (χ2v) is 13.9. The molecule has 4 aromatic heterocycles. The summed E-state index contributed by atoms with van der Waals surface area (Å²) in [6, 6.07) is 58.0. The number of hydrogen-bond acceptors (Lipinski definition) is 6. The largest absolute Gasteiger partial charge is 0.456 e. The molecule has 0 aliphatic rings. The van der Waals surface area contributed by atoms with Crippen molar-refractivity contribution >= 4 is 43.9 Å². The highest BCUT2D eigenvalue weighted by Crippen LogP contribution is 2.38. The van der Waals surface area contributed by atoms with Gasteiger partial charge in [0.1, 0.15) is 22.3 Å². The van der Waals surface area contributed by atoms with Crippen molar-refractivity contribution in [3.63, 3.8) is 0 Å². The fraction of sp³-hybridized carbons (Fsp3) is 0. The third kappa shape index (κ3) is 5.60. The van der Waals surface area contributed by atoms with Crippen LogP contribution in [-0.4, -0.2) is 19.9 Å². The Balaban J connectivity index is 1.10. The molecule has 0 bridgehead atoms. The molecule has 0 fully saturated rings. The van der Waals surface area contributed by atoms with Gasteiger partial charge < -0.3 is 8.83 Å². The average molecular weight is 719 g/mol. The van der Waals surface area contributed by atoms with E-state index in [1.54, 1.807) is 6.20 Å². The standard InChI is InChI=1S/C50H30N4O2/c1-2-9-32(10-3-1)48-52-49(33-18-16-31(17-19-33)36-11-8-24-51-30-36)54-50(53-48)39-26-37(34-20-22-42-40-12-4-6-14-44(40)55-46(42)28-34)25-38(27-39)35-21-23-43-41-13-5-7-15-45(41)56-47(43)29-35/h1-30H. The van der Waals surface area contributed by atoms with Gasteiger partial charge in [-0.25, -0.2) is 15.0 Å². The Labute approximate surface area is 321 Å². The molecule has 0 saturated carbocycles. The summed E-state index contributed by atoms with van der Waals surface area (Å²) in [5, 5.41) is 4.37. The number of aromatic nitrogens is 4. The summed E-state index contributed by atoms with van der Waals surface area (Å²) in [5.74, 6) is 1.76. The van der Waals surface area contributed by atoms with Crippen LogP contribution in [0.3, 0.4) is 0 Å². The van der Waals surface area contributed by atoms with Crippen LogP contribution in [0.5, 0.6) is 0 Å². The van der Waals surface area contributed by atoms with Crippen molar-refractivity contribution in [3.8, 4) is 67.5 Å². The van der Waals surface area contributed by atoms with E-state index in [0.717, 1.165) is 93.9 Å². The Morgan fingerprint density at radius 2 is 0.732 bits per heavy atom. The SMILES string of the molecule is c1ccc(-c2nc(-c3ccc(-c4cccnc4)cc3)nc(-c3cc(-c4ccc5c(c4)oc4ccccc45)cc(-c4ccc5c(c4)oc4ccccc45)c3)n2)cc1. The van der Waals surface area contributed by atoms with Gasteiger partial charge in [0, 0.05) is 50.6 Å². The van der Waals surface area contributed by atoms with Crippen LogP contribution < -0.4 is 0 Å². The molecular weight excluding hydrogens is 689 g/mol. The minimum atomic E-state index is 0.572. The van der Waals surface area contributed by atoms with Crippen molar-refractivity contribution < 1.29 is 8.83 Å². The summed E-state index contributed by atoms with van der Waals surface area (Å²) < 4.78 is 12.7. The number of furan rings is 2. The van der Waals surface area contributed by atoms with E-state index >= 15 is 0 Å². The monoisotopic (exact) mass is 718 g/mol. The van der Waals surface area contributed by atoms with Crippen LogP contribution in [0.1, 0.15) is 0 Å². The van der Waals surface area contributed by atoms with E-state index < -0.39 is 0 Å². The lowest BCUT2D eigenvalue weighted by atomic mass is 9.94. The zero-order valence-corrected chi connectivity index (χ0v) is 29.9. The fourth-order valence-corrected chi connectivity index (χ4v) is 7.60. The minimum Gasteiger partial charge on any atom is -0.456 e. The van der Waals surface area contributed by atoms with Crippen LogP contribution in [0.2, 0.25) is 0 Å². The van der Waals surface area contributed by atoms with Gasteiger partial charge >= 0.3 is 0 Å². The minimum absolute atomic E-state index is 0.572. The van der Waals surface area contributed by atoms with Gasteiger partial charge in [0.15, 0.2) is 17.5 Å². The molecule has 0 radical (unpaired) electrons. The smallest absolute Gasteiger partial charge is 0.164 e. The second kappa shape index (κ2) is 13.0. The van der Waals surface area contributed by atoms with Crippen LogP contribution in [0.15, 0.2) is 191 Å². The highest BCUT2D eigenvalue weighted by atomic mass is 16.3. The Kier molecular flexibility index (Phi) is 7.38. The molecule has 6 heteroatoms. The summed E-state index contributed by atoms with van der Waals surface area (Å²) in [5.41, 5.74) is 12.2. The highest BCUT2D eigenvalue weighted by molar-refractivity contribution is 6.07. The molecule has 0 aliphatic heterocycles. The van der Waals surface area contributed by atoms with Crippen molar-refractivity contribution in [2.75, 3.05) is 0 Å². The van der Waals surface area contributed by atoms with Crippen LogP contribution >= 0.6 is 0 Å². The van der Waals surface area contributed by atoms with Gasteiger partial charge in [-0.05, 0) is 94.0 Å². The van der Waals surface area contributed by atoms with Crippen LogP contribution in [0.25, 0.3) is 111 Å². The number of rotatable bonds is 6. The van der Waals surface area contributed by atoms with E-state index in [4.69, 9.17) is 23.8 Å². The summed E-state index contributed by atoms with van der Waals surface area (Å²) in [6.45, 7) is 0. The Morgan fingerprint density at radius 1 is 0.286 bits per heavy atom. The molecule has 262 valence electrons. The van der Waals surface area contributed by atoms with Crippen LogP contribution in [-0.2, 0) is 0 Å². The number of nitrogens with zero attached hydrogens (tertiary/aromatic N) is 4. The van der Waals surface area contributed by atoms with Crippen molar-refractivity contribution in [1.29, 1.82) is 0 Å². The number of hydrogen-bond donors (Lipinski definition) is 0. The lowest BCUT2D eigenvalue weighted by Gasteiger charge is -2.13. The zero-order chi connectivity index (χ0) is 37.0. The van der Waals surface area contributed by atoms with Crippen molar-refractivity contribution in [3.05, 3.63) is 182 Å².